The fraction of sp³-hybridized carbons (Fsp3) is 0.323. The molecule has 2 bridgehead atoms. The molecule has 2 unspecified atom stereocenters. The Balaban J connectivity index is 1.20. The number of amides is 1. The van der Waals surface area contributed by atoms with E-state index < -0.39 is 0 Å². The number of benzene rings is 3. The molecule has 1 aliphatic carbocycles. The van der Waals surface area contributed by atoms with E-state index in [1.54, 1.807) is 0 Å². The van der Waals surface area contributed by atoms with E-state index in [9.17, 15) is 4.79 Å². The van der Waals surface area contributed by atoms with Crippen molar-refractivity contribution in [2.45, 2.75) is 57.0 Å². The van der Waals surface area contributed by atoms with Crippen molar-refractivity contribution in [2.24, 2.45) is 0 Å². The van der Waals surface area contributed by atoms with Crippen molar-refractivity contribution in [3.05, 3.63) is 101 Å². The quantitative estimate of drug-likeness (QED) is 0.421. The summed E-state index contributed by atoms with van der Waals surface area (Å²) in [6, 6.07) is 26.3. The first-order valence-corrected chi connectivity index (χ1v) is 12.7. The molecule has 1 saturated heterocycles. The molecule has 172 valence electrons. The fourth-order valence-corrected chi connectivity index (χ4v) is 6.15. The zero-order valence-electron chi connectivity index (χ0n) is 19.7. The predicted molar refractivity (Wildman–Crippen MR) is 137 cm³/mol. The predicted octanol–water partition coefficient (Wildman–Crippen LogP) is 7.21. The van der Waals surface area contributed by atoms with E-state index in [4.69, 9.17) is 4.74 Å². The second-order valence-electron chi connectivity index (χ2n) is 9.81. The summed E-state index contributed by atoms with van der Waals surface area (Å²) in [6.45, 7) is 2.57. The summed E-state index contributed by atoms with van der Waals surface area (Å²) in [5.41, 5.74) is 9.06. The molecule has 1 amide bonds. The van der Waals surface area contributed by atoms with E-state index in [0.29, 0.717) is 6.61 Å². The number of ether oxygens (including phenoxy) is 1. The minimum Gasteiger partial charge on any atom is -0.448 e. The lowest BCUT2D eigenvalue weighted by molar-refractivity contribution is 0.0539. The molecule has 3 heteroatoms. The molecule has 6 rings (SSSR count). The van der Waals surface area contributed by atoms with E-state index >= 15 is 0 Å². The van der Waals surface area contributed by atoms with Crippen molar-refractivity contribution in [1.29, 1.82) is 0 Å². The largest absolute Gasteiger partial charge is 0.448 e. The number of carbonyl (C=O) groups is 1. The fourth-order valence-electron chi connectivity index (χ4n) is 6.15. The molecule has 2 atom stereocenters. The van der Waals surface area contributed by atoms with Gasteiger partial charge in [0.1, 0.15) is 6.61 Å². The second-order valence-corrected chi connectivity index (χ2v) is 9.81. The molecule has 3 nitrogen and oxygen atoms in total. The number of rotatable bonds is 4. The number of hydrogen-bond acceptors (Lipinski definition) is 2. The van der Waals surface area contributed by atoms with E-state index in [0.717, 1.165) is 25.7 Å². The van der Waals surface area contributed by atoms with Gasteiger partial charge >= 0.3 is 6.09 Å². The summed E-state index contributed by atoms with van der Waals surface area (Å²) in [5, 5.41) is 0. The first-order chi connectivity index (χ1) is 16.7. The minimum absolute atomic E-state index is 0.101. The van der Waals surface area contributed by atoms with Gasteiger partial charge in [-0.15, -0.1) is 0 Å². The van der Waals surface area contributed by atoms with Crippen LogP contribution in [-0.4, -0.2) is 29.7 Å². The summed E-state index contributed by atoms with van der Waals surface area (Å²) in [7, 11) is 0. The lowest BCUT2D eigenvalue weighted by Crippen LogP contribution is -2.51. The topological polar surface area (TPSA) is 29.5 Å². The Morgan fingerprint density at radius 3 is 2.24 bits per heavy atom. The van der Waals surface area contributed by atoms with Crippen molar-refractivity contribution in [3.8, 4) is 11.1 Å². The van der Waals surface area contributed by atoms with Gasteiger partial charge < -0.3 is 4.74 Å². The first-order valence-electron chi connectivity index (χ1n) is 12.7. The average Bonchev–Trinajstić information content (AvgIpc) is 3.20. The maximum atomic E-state index is 13.4. The third-order valence-electron chi connectivity index (χ3n) is 7.92. The Hall–Kier alpha value is -3.33. The van der Waals surface area contributed by atoms with Crippen LogP contribution in [0.5, 0.6) is 0 Å². The van der Waals surface area contributed by atoms with Crippen LogP contribution in [0.4, 0.5) is 4.79 Å². The summed E-state index contributed by atoms with van der Waals surface area (Å²) in [5.74, 6) is 0.101. The zero-order valence-corrected chi connectivity index (χ0v) is 19.7. The van der Waals surface area contributed by atoms with Crippen LogP contribution in [0, 0.1) is 0 Å². The SMILES string of the molecule is CCc1ccc(C2=CC3CCCC(C2)N3C(=O)OCC2c3ccccc3-c3ccccc32)cc1. The van der Waals surface area contributed by atoms with Crippen LogP contribution in [0.2, 0.25) is 0 Å². The Labute approximate surface area is 202 Å². The number of nitrogens with zero attached hydrogens (tertiary/aromatic N) is 1. The molecule has 3 aliphatic rings. The molecule has 2 heterocycles. The number of fused-ring (bicyclic) bond motifs is 5. The van der Waals surface area contributed by atoms with Gasteiger partial charge in [-0.1, -0.05) is 85.8 Å². The summed E-state index contributed by atoms with van der Waals surface area (Å²) < 4.78 is 6.04. The third-order valence-corrected chi connectivity index (χ3v) is 7.92. The Kier molecular flexibility index (Phi) is 5.49. The maximum Gasteiger partial charge on any atom is 0.410 e. The summed E-state index contributed by atoms with van der Waals surface area (Å²) in [6.07, 6.45) is 7.35. The highest BCUT2D eigenvalue weighted by atomic mass is 16.6. The number of carbonyl (C=O) groups excluding carboxylic acids is 1. The highest BCUT2D eigenvalue weighted by Crippen LogP contribution is 2.45. The lowest BCUT2D eigenvalue weighted by atomic mass is 9.83. The van der Waals surface area contributed by atoms with E-state index in [1.165, 1.54) is 45.4 Å². The van der Waals surface area contributed by atoms with Crippen LogP contribution >= 0.6 is 0 Å². The van der Waals surface area contributed by atoms with Crippen LogP contribution in [0.25, 0.3) is 16.7 Å². The van der Waals surface area contributed by atoms with Gasteiger partial charge in [-0.25, -0.2) is 4.79 Å². The van der Waals surface area contributed by atoms with Crippen LogP contribution < -0.4 is 0 Å². The molecule has 0 spiro atoms. The highest BCUT2D eigenvalue weighted by molar-refractivity contribution is 5.79. The van der Waals surface area contributed by atoms with Gasteiger partial charge in [-0.2, -0.15) is 0 Å². The average molecular weight is 450 g/mol. The third kappa shape index (κ3) is 3.64. The van der Waals surface area contributed by atoms with Gasteiger partial charge in [0.15, 0.2) is 0 Å². The normalized spacial score (nSPS) is 21.0. The summed E-state index contributed by atoms with van der Waals surface area (Å²) >= 11 is 0. The summed E-state index contributed by atoms with van der Waals surface area (Å²) in [4.78, 5) is 15.4. The molecule has 3 aromatic carbocycles. The van der Waals surface area contributed by atoms with E-state index in [-0.39, 0.29) is 24.1 Å². The van der Waals surface area contributed by atoms with Crippen LogP contribution in [0.3, 0.4) is 0 Å². The number of hydrogen-bond donors (Lipinski definition) is 0. The Morgan fingerprint density at radius 1 is 0.912 bits per heavy atom. The van der Waals surface area contributed by atoms with Gasteiger partial charge in [-0.3, -0.25) is 4.90 Å². The highest BCUT2D eigenvalue weighted by Gasteiger charge is 2.39. The van der Waals surface area contributed by atoms with Crippen LogP contribution in [0.15, 0.2) is 78.9 Å². The van der Waals surface area contributed by atoms with Crippen molar-refractivity contribution in [3.63, 3.8) is 0 Å². The molecular weight excluding hydrogens is 418 g/mol. The van der Waals surface area contributed by atoms with Crippen molar-refractivity contribution < 1.29 is 9.53 Å². The second kappa shape index (κ2) is 8.79. The van der Waals surface area contributed by atoms with Crippen molar-refractivity contribution in [2.75, 3.05) is 6.61 Å². The lowest BCUT2D eigenvalue weighted by Gasteiger charge is -2.44. The Bertz CT molecular complexity index is 1200. The molecule has 0 radical (unpaired) electrons. The minimum atomic E-state index is -0.159. The molecule has 0 N–H and O–H groups in total. The smallest absolute Gasteiger partial charge is 0.410 e. The van der Waals surface area contributed by atoms with E-state index in [2.05, 4.69) is 85.8 Å². The van der Waals surface area contributed by atoms with Gasteiger partial charge in [0.25, 0.3) is 0 Å². The molecule has 34 heavy (non-hydrogen) atoms. The molecular formula is C31H31NO2. The molecule has 3 aromatic rings. The molecule has 0 saturated carbocycles. The van der Waals surface area contributed by atoms with Gasteiger partial charge in [0.2, 0.25) is 0 Å². The first kappa shape index (κ1) is 21.2. The van der Waals surface area contributed by atoms with Crippen LogP contribution in [0.1, 0.15) is 60.8 Å². The van der Waals surface area contributed by atoms with Gasteiger partial charge in [0, 0.05) is 12.0 Å². The van der Waals surface area contributed by atoms with E-state index in [1.807, 2.05) is 4.90 Å². The van der Waals surface area contributed by atoms with Crippen molar-refractivity contribution >= 4 is 11.7 Å². The van der Waals surface area contributed by atoms with Gasteiger partial charge in [-0.05, 0) is 71.1 Å². The molecule has 0 aromatic heterocycles. The van der Waals surface area contributed by atoms with Crippen LogP contribution in [-0.2, 0) is 11.2 Å². The standard InChI is InChI=1S/C31H31NO2/c1-2-21-14-16-22(17-15-21)23-18-24-8-7-9-25(19-23)32(24)31(33)34-20-30-28-12-5-3-10-26(28)27-11-4-6-13-29(27)30/h3-6,10-18,24-25,30H,2,7-9,19-20H2,1H3. The maximum absolute atomic E-state index is 13.4. The number of aryl methyl sites for hydroxylation is 1. The Morgan fingerprint density at radius 2 is 1.59 bits per heavy atom. The zero-order chi connectivity index (χ0) is 23.1. The molecule has 2 aliphatic heterocycles. The van der Waals surface area contributed by atoms with Gasteiger partial charge in [0.05, 0.1) is 6.04 Å². The molecule has 1 fully saturated rings. The van der Waals surface area contributed by atoms with Crippen molar-refractivity contribution in [1.82, 2.24) is 4.90 Å². The number of piperidine rings is 1. The monoisotopic (exact) mass is 449 g/mol.